The molecule has 156 valence electrons. The summed E-state index contributed by atoms with van der Waals surface area (Å²) >= 11 is 0. The summed E-state index contributed by atoms with van der Waals surface area (Å²) in [4.78, 5) is 34.5. The summed E-state index contributed by atoms with van der Waals surface area (Å²) in [7, 11) is -2.73. The maximum absolute atomic E-state index is 11.7. The van der Waals surface area contributed by atoms with Gasteiger partial charge in [0.1, 0.15) is 6.61 Å². The van der Waals surface area contributed by atoms with Crippen LogP contribution < -0.4 is 10.6 Å². The first kappa shape index (κ1) is 25.2. The second-order valence-corrected chi connectivity index (χ2v) is 8.29. The molecule has 3 amide bonds. The Bertz CT molecular complexity index is 483. The lowest BCUT2D eigenvalue weighted by atomic mass is 10.3. The van der Waals surface area contributed by atoms with E-state index in [0.717, 1.165) is 0 Å². The first-order chi connectivity index (χ1) is 12.8. The summed E-state index contributed by atoms with van der Waals surface area (Å²) in [6.45, 7) is 12.3. The van der Waals surface area contributed by atoms with Gasteiger partial charge in [0.05, 0.1) is 6.42 Å². The molecule has 0 spiro atoms. The van der Waals surface area contributed by atoms with Crippen molar-refractivity contribution in [3.05, 3.63) is 12.2 Å². The van der Waals surface area contributed by atoms with E-state index in [4.69, 9.17) is 18.0 Å². The highest BCUT2D eigenvalue weighted by Crippen LogP contribution is 2.17. The maximum atomic E-state index is 11.7. The SMILES string of the molecule is C=C(C)C(=O)OCCC(=O)NC(=O)NCCC[Si](OCC)(OCC)OCC. The highest BCUT2D eigenvalue weighted by molar-refractivity contribution is 6.60. The third-order valence-corrected chi connectivity index (χ3v) is 6.35. The van der Waals surface area contributed by atoms with Crippen molar-refractivity contribution >= 4 is 26.7 Å². The summed E-state index contributed by atoms with van der Waals surface area (Å²) in [6.07, 6.45) is 0.478. The lowest BCUT2D eigenvalue weighted by Crippen LogP contribution is -2.47. The van der Waals surface area contributed by atoms with Crippen LogP contribution in [0.2, 0.25) is 6.04 Å². The molecule has 0 unspecified atom stereocenters. The molecule has 0 aliphatic heterocycles. The lowest BCUT2D eigenvalue weighted by molar-refractivity contribution is -0.139. The molecule has 0 saturated heterocycles. The number of carbonyl (C=O) groups is 3. The molecule has 0 saturated carbocycles. The minimum atomic E-state index is -2.73. The van der Waals surface area contributed by atoms with Gasteiger partial charge in [0, 0.05) is 38.0 Å². The molecule has 0 heterocycles. The van der Waals surface area contributed by atoms with Gasteiger partial charge in [-0.15, -0.1) is 0 Å². The highest BCUT2D eigenvalue weighted by Gasteiger charge is 2.39. The van der Waals surface area contributed by atoms with Gasteiger partial charge in [0.2, 0.25) is 5.91 Å². The van der Waals surface area contributed by atoms with Gasteiger partial charge < -0.3 is 23.3 Å². The third kappa shape index (κ3) is 11.5. The minimum absolute atomic E-state index is 0.110. The molecule has 2 N–H and O–H groups in total. The average molecular weight is 405 g/mol. The quantitative estimate of drug-likeness (QED) is 0.196. The third-order valence-electron chi connectivity index (χ3n) is 3.20. The van der Waals surface area contributed by atoms with Crippen molar-refractivity contribution in [2.75, 3.05) is 33.0 Å². The van der Waals surface area contributed by atoms with Gasteiger partial charge in [-0.25, -0.2) is 9.59 Å². The number of hydrogen-bond acceptors (Lipinski definition) is 7. The number of urea groups is 1. The fourth-order valence-corrected chi connectivity index (χ4v) is 4.71. The zero-order chi connectivity index (χ0) is 20.7. The van der Waals surface area contributed by atoms with E-state index in [9.17, 15) is 14.4 Å². The van der Waals surface area contributed by atoms with Crippen molar-refractivity contribution in [3.63, 3.8) is 0 Å². The summed E-state index contributed by atoms with van der Waals surface area (Å²) in [6, 6.07) is -0.0455. The van der Waals surface area contributed by atoms with E-state index in [1.54, 1.807) is 0 Å². The number of hydrogen-bond donors (Lipinski definition) is 2. The lowest BCUT2D eigenvalue weighted by Gasteiger charge is -2.28. The average Bonchev–Trinajstić information content (AvgIpc) is 2.59. The second-order valence-electron chi connectivity index (χ2n) is 5.56. The number of esters is 1. The summed E-state index contributed by atoms with van der Waals surface area (Å²) in [5.41, 5.74) is 0.249. The molecule has 0 aliphatic rings. The second kappa shape index (κ2) is 14.3. The largest absolute Gasteiger partial charge is 0.500 e. The maximum Gasteiger partial charge on any atom is 0.500 e. The van der Waals surface area contributed by atoms with E-state index in [1.165, 1.54) is 6.92 Å². The molecular weight excluding hydrogens is 372 g/mol. The van der Waals surface area contributed by atoms with Gasteiger partial charge in [0.25, 0.3) is 0 Å². The van der Waals surface area contributed by atoms with Crippen LogP contribution >= 0.6 is 0 Å². The number of imide groups is 1. The number of ether oxygens (including phenoxy) is 1. The number of amides is 3. The molecule has 0 aromatic carbocycles. The van der Waals surface area contributed by atoms with Gasteiger partial charge in [-0.3, -0.25) is 10.1 Å². The predicted octanol–water partition coefficient (Wildman–Crippen LogP) is 1.76. The molecule has 0 fully saturated rings. The van der Waals surface area contributed by atoms with E-state index in [1.807, 2.05) is 20.8 Å². The van der Waals surface area contributed by atoms with Crippen molar-refractivity contribution in [2.45, 2.75) is 46.6 Å². The van der Waals surface area contributed by atoms with Gasteiger partial charge in [-0.05, 0) is 34.1 Å². The van der Waals surface area contributed by atoms with Crippen molar-refractivity contribution in [1.29, 1.82) is 0 Å². The zero-order valence-electron chi connectivity index (χ0n) is 16.7. The number of carbonyl (C=O) groups excluding carboxylic acids is 3. The Morgan fingerprint density at radius 1 is 1.00 bits per heavy atom. The van der Waals surface area contributed by atoms with Gasteiger partial charge in [-0.2, -0.15) is 0 Å². The first-order valence-corrected chi connectivity index (χ1v) is 11.1. The smallest absolute Gasteiger partial charge is 0.462 e. The molecule has 0 bridgehead atoms. The van der Waals surface area contributed by atoms with Crippen LogP contribution in [0.4, 0.5) is 4.79 Å². The van der Waals surface area contributed by atoms with E-state index < -0.39 is 26.7 Å². The Balaban J connectivity index is 4.14. The van der Waals surface area contributed by atoms with Gasteiger partial charge in [0.15, 0.2) is 0 Å². The van der Waals surface area contributed by atoms with Crippen molar-refractivity contribution < 1.29 is 32.4 Å². The molecule has 0 radical (unpaired) electrons. The molecule has 0 aliphatic carbocycles. The van der Waals surface area contributed by atoms with Crippen LogP contribution in [0.15, 0.2) is 12.2 Å². The van der Waals surface area contributed by atoms with Crippen LogP contribution in [0.1, 0.15) is 40.5 Å². The van der Waals surface area contributed by atoms with Crippen LogP contribution in [0, 0.1) is 0 Å². The Hall–Kier alpha value is -1.75. The standard InChI is InChI=1S/C17H32N2O7Si/c1-6-24-27(25-7-2,26-8-3)13-9-11-18-17(22)19-15(20)10-12-23-16(21)14(4)5/h4,6-13H2,1-3,5H3,(H2,18,19,20,22). The van der Waals surface area contributed by atoms with E-state index in [-0.39, 0.29) is 18.6 Å². The molecular formula is C17H32N2O7Si. The minimum Gasteiger partial charge on any atom is -0.462 e. The van der Waals surface area contributed by atoms with Crippen LogP contribution in [-0.4, -0.2) is 59.7 Å². The fraction of sp³-hybridized carbons (Fsp3) is 0.706. The Morgan fingerprint density at radius 3 is 2.04 bits per heavy atom. The number of nitrogens with one attached hydrogen (secondary N) is 2. The summed E-state index contributed by atoms with van der Waals surface area (Å²) in [5, 5.41) is 4.76. The fourth-order valence-electron chi connectivity index (χ4n) is 2.10. The molecule has 27 heavy (non-hydrogen) atoms. The van der Waals surface area contributed by atoms with E-state index in [0.29, 0.717) is 38.8 Å². The van der Waals surface area contributed by atoms with Gasteiger partial charge in [-0.1, -0.05) is 6.58 Å². The first-order valence-electron chi connectivity index (χ1n) is 9.12. The highest BCUT2D eigenvalue weighted by atomic mass is 28.4. The molecule has 10 heteroatoms. The van der Waals surface area contributed by atoms with Crippen molar-refractivity contribution in [1.82, 2.24) is 10.6 Å². The molecule has 0 aromatic heterocycles. The Morgan fingerprint density at radius 2 is 1.56 bits per heavy atom. The molecule has 0 atom stereocenters. The van der Waals surface area contributed by atoms with E-state index in [2.05, 4.69) is 17.2 Å². The summed E-state index contributed by atoms with van der Waals surface area (Å²) < 4.78 is 22.0. The van der Waals surface area contributed by atoms with Crippen LogP contribution in [0.5, 0.6) is 0 Å². The van der Waals surface area contributed by atoms with Crippen LogP contribution in [0.25, 0.3) is 0 Å². The normalized spacial score (nSPS) is 11.0. The zero-order valence-corrected chi connectivity index (χ0v) is 17.7. The molecule has 0 aromatic rings. The Kier molecular flexibility index (Phi) is 13.4. The topological polar surface area (TPSA) is 112 Å². The Labute approximate surface area is 162 Å². The van der Waals surface area contributed by atoms with E-state index >= 15 is 0 Å². The monoisotopic (exact) mass is 404 g/mol. The number of rotatable bonds is 14. The van der Waals surface area contributed by atoms with Crippen LogP contribution in [0.3, 0.4) is 0 Å². The summed E-state index contributed by atoms with van der Waals surface area (Å²) in [5.74, 6) is -1.11. The molecule has 0 rings (SSSR count). The predicted molar refractivity (Wildman–Crippen MR) is 102 cm³/mol. The van der Waals surface area contributed by atoms with Crippen molar-refractivity contribution in [2.24, 2.45) is 0 Å². The van der Waals surface area contributed by atoms with Crippen LogP contribution in [-0.2, 0) is 27.6 Å². The molecule has 9 nitrogen and oxygen atoms in total. The van der Waals surface area contributed by atoms with Gasteiger partial charge >= 0.3 is 20.8 Å². The van der Waals surface area contributed by atoms with Crippen molar-refractivity contribution in [3.8, 4) is 0 Å².